The Morgan fingerprint density at radius 3 is 2.60 bits per heavy atom. The maximum atomic E-state index is 11.4. The number of hydrogen-bond acceptors (Lipinski definition) is 2. The van der Waals surface area contributed by atoms with Crippen LogP contribution in [0, 0.1) is 0 Å². The largest absolute Gasteiger partial charge is 0.466 e. The minimum Gasteiger partial charge on any atom is -0.466 e. The lowest BCUT2D eigenvalue weighted by Gasteiger charge is -2.10. The van der Waals surface area contributed by atoms with Gasteiger partial charge >= 0.3 is 5.97 Å². The predicted octanol–water partition coefficient (Wildman–Crippen LogP) is 3.13. The fourth-order valence-corrected chi connectivity index (χ4v) is 1.42. The molecular formula is C13H18O2. The summed E-state index contributed by atoms with van der Waals surface area (Å²) in [6.07, 6.45) is 1.34. The SMILES string of the molecule is CCCOC(=O)CC(C)c1ccccc1. The molecule has 0 amide bonds. The number of carbonyl (C=O) groups is 1. The quantitative estimate of drug-likeness (QED) is 0.692. The number of hydrogen-bond donors (Lipinski definition) is 0. The Balaban J connectivity index is 2.42. The van der Waals surface area contributed by atoms with E-state index in [9.17, 15) is 4.79 Å². The molecule has 0 aliphatic heterocycles. The molecule has 0 bridgehead atoms. The maximum Gasteiger partial charge on any atom is 0.306 e. The van der Waals surface area contributed by atoms with Crippen LogP contribution in [0.2, 0.25) is 0 Å². The van der Waals surface area contributed by atoms with Crippen LogP contribution in [0.5, 0.6) is 0 Å². The van der Waals surface area contributed by atoms with Crippen molar-refractivity contribution in [3.8, 4) is 0 Å². The lowest BCUT2D eigenvalue weighted by Crippen LogP contribution is -2.09. The highest BCUT2D eigenvalue weighted by molar-refractivity contribution is 5.70. The maximum absolute atomic E-state index is 11.4. The van der Waals surface area contributed by atoms with Gasteiger partial charge in [-0.25, -0.2) is 0 Å². The first-order chi connectivity index (χ1) is 7.24. The van der Waals surface area contributed by atoms with E-state index in [-0.39, 0.29) is 11.9 Å². The summed E-state index contributed by atoms with van der Waals surface area (Å²) in [5.41, 5.74) is 1.19. The second-order valence-electron chi connectivity index (χ2n) is 3.74. The van der Waals surface area contributed by atoms with Crippen molar-refractivity contribution < 1.29 is 9.53 Å². The standard InChI is InChI=1S/C13H18O2/c1-3-9-15-13(14)10-11(2)12-7-5-4-6-8-12/h4-8,11H,3,9-10H2,1-2H3. The van der Waals surface area contributed by atoms with Crippen molar-refractivity contribution in [1.29, 1.82) is 0 Å². The first-order valence-corrected chi connectivity index (χ1v) is 5.44. The van der Waals surface area contributed by atoms with Crippen LogP contribution in [-0.2, 0) is 9.53 Å². The summed E-state index contributed by atoms with van der Waals surface area (Å²) in [4.78, 5) is 11.4. The first-order valence-electron chi connectivity index (χ1n) is 5.44. The van der Waals surface area contributed by atoms with Crippen molar-refractivity contribution in [2.24, 2.45) is 0 Å². The molecule has 0 saturated carbocycles. The Morgan fingerprint density at radius 1 is 1.33 bits per heavy atom. The molecule has 1 aromatic rings. The van der Waals surface area contributed by atoms with Gasteiger partial charge in [0.05, 0.1) is 13.0 Å². The minimum atomic E-state index is -0.104. The summed E-state index contributed by atoms with van der Waals surface area (Å²) < 4.78 is 5.04. The van der Waals surface area contributed by atoms with Gasteiger partial charge in [0.1, 0.15) is 0 Å². The van der Waals surface area contributed by atoms with Gasteiger partial charge in [-0.15, -0.1) is 0 Å². The van der Waals surface area contributed by atoms with Gasteiger partial charge in [0.15, 0.2) is 0 Å². The van der Waals surface area contributed by atoms with E-state index >= 15 is 0 Å². The van der Waals surface area contributed by atoms with Crippen LogP contribution in [-0.4, -0.2) is 12.6 Å². The molecule has 0 N–H and O–H groups in total. The lowest BCUT2D eigenvalue weighted by atomic mass is 9.98. The predicted molar refractivity (Wildman–Crippen MR) is 60.7 cm³/mol. The van der Waals surface area contributed by atoms with E-state index in [1.807, 2.05) is 44.2 Å². The molecule has 2 nitrogen and oxygen atoms in total. The van der Waals surface area contributed by atoms with Gasteiger partial charge in [0.25, 0.3) is 0 Å². The van der Waals surface area contributed by atoms with Crippen molar-refractivity contribution >= 4 is 5.97 Å². The first kappa shape index (κ1) is 11.8. The van der Waals surface area contributed by atoms with Crippen LogP contribution < -0.4 is 0 Å². The molecule has 0 spiro atoms. The van der Waals surface area contributed by atoms with Crippen LogP contribution in [0.3, 0.4) is 0 Å². The molecule has 0 heterocycles. The third-order valence-corrected chi connectivity index (χ3v) is 2.31. The summed E-state index contributed by atoms with van der Waals surface area (Å²) in [7, 11) is 0. The van der Waals surface area contributed by atoms with E-state index in [1.54, 1.807) is 0 Å². The number of benzene rings is 1. The van der Waals surface area contributed by atoms with Crippen LogP contribution >= 0.6 is 0 Å². The highest BCUT2D eigenvalue weighted by atomic mass is 16.5. The van der Waals surface area contributed by atoms with Crippen LogP contribution in [0.1, 0.15) is 38.2 Å². The Bertz CT molecular complexity index is 293. The van der Waals surface area contributed by atoms with Crippen molar-refractivity contribution in [3.05, 3.63) is 35.9 Å². The van der Waals surface area contributed by atoms with Crippen molar-refractivity contribution in [3.63, 3.8) is 0 Å². The van der Waals surface area contributed by atoms with E-state index < -0.39 is 0 Å². The Labute approximate surface area is 91.3 Å². The Morgan fingerprint density at radius 2 is 2.00 bits per heavy atom. The molecule has 1 atom stereocenters. The molecule has 0 aliphatic carbocycles. The smallest absolute Gasteiger partial charge is 0.306 e. The number of ether oxygens (including phenoxy) is 1. The van der Waals surface area contributed by atoms with E-state index in [1.165, 1.54) is 5.56 Å². The third kappa shape index (κ3) is 4.15. The number of rotatable bonds is 5. The molecule has 1 rings (SSSR count). The van der Waals surface area contributed by atoms with Gasteiger partial charge in [-0.05, 0) is 17.9 Å². The van der Waals surface area contributed by atoms with Gasteiger partial charge in [-0.1, -0.05) is 44.2 Å². The number of esters is 1. The average Bonchev–Trinajstić information content (AvgIpc) is 2.27. The fourth-order valence-electron chi connectivity index (χ4n) is 1.42. The molecule has 0 radical (unpaired) electrons. The molecule has 0 saturated heterocycles. The molecule has 82 valence electrons. The van der Waals surface area contributed by atoms with E-state index in [4.69, 9.17) is 4.74 Å². The van der Waals surface area contributed by atoms with Gasteiger partial charge in [-0.2, -0.15) is 0 Å². The molecule has 2 heteroatoms. The summed E-state index contributed by atoms with van der Waals surface area (Å²) in [6, 6.07) is 10.0. The van der Waals surface area contributed by atoms with E-state index in [2.05, 4.69) is 0 Å². The third-order valence-electron chi connectivity index (χ3n) is 2.31. The average molecular weight is 206 g/mol. The van der Waals surface area contributed by atoms with Gasteiger partial charge in [-0.3, -0.25) is 4.79 Å². The minimum absolute atomic E-state index is 0.104. The van der Waals surface area contributed by atoms with Crippen molar-refractivity contribution in [2.45, 2.75) is 32.6 Å². The van der Waals surface area contributed by atoms with Crippen molar-refractivity contribution in [2.75, 3.05) is 6.61 Å². The summed E-state index contributed by atoms with van der Waals surface area (Å²) in [5.74, 6) is 0.128. The van der Waals surface area contributed by atoms with E-state index in [0.717, 1.165) is 6.42 Å². The Hall–Kier alpha value is -1.31. The molecule has 0 aliphatic rings. The highest BCUT2D eigenvalue weighted by Gasteiger charge is 2.11. The normalized spacial score (nSPS) is 12.1. The molecular weight excluding hydrogens is 188 g/mol. The van der Waals surface area contributed by atoms with Crippen LogP contribution in [0.25, 0.3) is 0 Å². The summed E-state index contributed by atoms with van der Waals surface area (Å²) in [6.45, 7) is 4.57. The second-order valence-corrected chi connectivity index (χ2v) is 3.74. The Kier molecular flexibility index (Phi) is 4.88. The fraction of sp³-hybridized carbons (Fsp3) is 0.462. The summed E-state index contributed by atoms with van der Waals surface area (Å²) in [5, 5.41) is 0. The topological polar surface area (TPSA) is 26.3 Å². The number of carbonyl (C=O) groups excluding carboxylic acids is 1. The molecule has 15 heavy (non-hydrogen) atoms. The highest BCUT2D eigenvalue weighted by Crippen LogP contribution is 2.18. The van der Waals surface area contributed by atoms with Gasteiger partial charge in [0.2, 0.25) is 0 Å². The molecule has 1 aromatic carbocycles. The molecule has 1 unspecified atom stereocenters. The molecule has 0 aromatic heterocycles. The van der Waals surface area contributed by atoms with Gasteiger partial charge < -0.3 is 4.74 Å². The van der Waals surface area contributed by atoms with Crippen molar-refractivity contribution in [1.82, 2.24) is 0 Å². The molecule has 0 fully saturated rings. The lowest BCUT2D eigenvalue weighted by molar-refractivity contribution is -0.144. The van der Waals surface area contributed by atoms with E-state index in [0.29, 0.717) is 13.0 Å². The second kappa shape index (κ2) is 6.23. The zero-order chi connectivity index (χ0) is 11.1. The van der Waals surface area contributed by atoms with Crippen LogP contribution in [0.4, 0.5) is 0 Å². The zero-order valence-corrected chi connectivity index (χ0v) is 9.40. The zero-order valence-electron chi connectivity index (χ0n) is 9.40. The van der Waals surface area contributed by atoms with Crippen LogP contribution in [0.15, 0.2) is 30.3 Å². The monoisotopic (exact) mass is 206 g/mol. The summed E-state index contributed by atoms with van der Waals surface area (Å²) >= 11 is 0. The van der Waals surface area contributed by atoms with Gasteiger partial charge in [0, 0.05) is 0 Å².